The third-order valence-electron chi connectivity index (χ3n) is 2.95. The van der Waals surface area contributed by atoms with E-state index in [1.807, 2.05) is 27.0 Å². The fraction of sp³-hybridized carbons (Fsp3) is 0.571. The van der Waals surface area contributed by atoms with Gasteiger partial charge in [0.15, 0.2) is 5.96 Å². The van der Waals surface area contributed by atoms with Crippen molar-refractivity contribution in [2.75, 3.05) is 20.6 Å². The molecular formula is C14H25IN4O. The molecule has 0 aliphatic heterocycles. The van der Waals surface area contributed by atoms with E-state index >= 15 is 0 Å². The molecule has 1 rings (SSSR count). The fourth-order valence-corrected chi connectivity index (χ4v) is 1.73. The van der Waals surface area contributed by atoms with Crippen molar-refractivity contribution in [3.63, 3.8) is 0 Å². The van der Waals surface area contributed by atoms with Gasteiger partial charge < -0.3 is 14.6 Å². The maximum absolute atomic E-state index is 5.53. The molecule has 0 saturated carbocycles. The summed E-state index contributed by atoms with van der Waals surface area (Å²) in [5.74, 6) is 2.40. The third kappa shape index (κ3) is 5.94. The highest BCUT2D eigenvalue weighted by Gasteiger charge is 2.08. The molecule has 0 aromatic carbocycles. The minimum atomic E-state index is 0. The zero-order chi connectivity index (χ0) is 14.3. The molecule has 0 radical (unpaired) electrons. The second-order valence-corrected chi connectivity index (χ2v) is 4.50. The summed E-state index contributed by atoms with van der Waals surface area (Å²) in [6.45, 7) is 9.07. The van der Waals surface area contributed by atoms with Crippen LogP contribution in [0.2, 0.25) is 0 Å². The molecule has 0 fully saturated rings. The van der Waals surface area contributed by atoms with E-state index in [-0.39, 0.29) is 24.0 Å². The van der Waals surface area contributed by atoms with Crippen molar-refractivity contribution in [2.24, 2.45) is 4.99 Å². The Morgan fingerprint density at radius 2 is 2.20 bits per heavy atom. The van der Waals surface area contributed by atoms with Crippen LogP contribution in [0.5, 0.6) is 0 Å². The zero-order valence-corrected chi connectivity index (χ0v) is 15.1. The summed E-state index contributed by atoms with van der Waals surface area (Å²) in [5.41, 5.74) is 0.936. The maximum atomic E-state index is 5.53. The van der Waals surface area contributed by atoms with Crippen molar-refractivity contribution in [3.8, 4) is 0 Å². The summed E-state index contributed by atoms with van der Waals surface area (Å²) in [5, 5.41) is 3.25. The standard InChI is InChI=1S/C14H24N4O.HI/c1-6-7-8-9-18(5)14(15-4)16-10-13-17-11(2)12(3)19-13;/h6H,1,7-10H2,2-5H3,(H,15,16);1H. The van der Waals surface area contributed by atoms with Crippen molar-refractivity contribution in [1.82, 2.24) is 15.2 Å². The van der Waals surface area contributed by atoms with Crippen LogP contribution in [0.3, 0.4) is 0 Å². The van der Waals surface area contributed by atoms with E-state index in [1.165, 1.54) is 0 Å². The first-order valence-electron chi connectivity index (χ1n) is 6.54. The Balaban J connectivity index is 0.00000361. The number of unbranched alkanes of at least 4 members (excludes halogenated alkanes) is 1. The molecule has 0 atom stereocenters. The van der Waals surface area contributed by atoms with E-state index in [1.54, 1.807) is 7.05 Å². The maximum Gasteiger partial charge on any atom is 0.214 e. The van der Waals surface area contributed by atoms with Crippen LogP contribution in [0.4, 0.5) is 0 Å². The number of hydrogen-bond donors (Lipinski definition) is 1. The average Bonchev–Trinajstić information content (AvgIpc) is 2.70. The van der Waals surface area contributed by atoms with E-state index in [4.69, 9.17) is 4.42 Å². The van der Waals surface area contributed by atoms with Gasteiger partial charge in [-0.3, -0.25) is 4.99 Å². The molecule has 20 heavy (non-hydrogen) atoms. The van der Waals surface area contributed by atoms with Crippen molar-refractivity contribution < 1.29 is 4.42 Å². The van der Waals surface area contributed by atoms with Crippen molar-refractivity contribution >= 4 is 29.9 Å². The van der Waals surface area contributed by atoms with Gasteiger partial charge in [0, 0.05) is 20.6 Å². The topological polar surface area (TPSA) is 53.7 Å². The molecule has 1 aromatic rings. The van der Waals surface area contributed by atoms with E-state index in [2.05, 4.69) is 26.8 Å². The molecule has 6 heteroatoms. The smallest absolute Gasteiger partial charge is 0.214 e. The minimum Gasteiger partial charge on any atom is -0.444 e. The molecule has 1 N–H and O–H groups in total. The number of aromatic nitrogens is 1. The molecule has 0 aliphatic carbocycles. The first-order valence-corrected chi connectivity index (χ1v) is 6.54. The average molecular weight is 392 g/mol. The van der Waals surface area contributed by atoms with Crippen molar-refractivity contribution in [3.05, 3.63) is 30.0 Å². The Kier molecular flexibility index (Phi) is 9.28. The summed E-state index contributed by atoms with van der Waals surface area (Å²) in [7, 11) is 3.79. The van der Waals surface area contributed by atoms with Crippen LogP contribution < -0.4 is 5.32 Å². The van der Waals surface area contributed by atoms with Crippen LogP contribution in [0.15, 0.2) is 22.1 Å². The van der Waals surface area contributed by atoms with Gasteiger partial charge in [-0.1, -0.05) is 6.08 Å². The lowest BCUT2D eigenvalue weighted by atomic mass is 10.3. The molecule has 0 amide bonds. The lowest BCUT2D eigenvalue weighted by molar-refractivity contribution is 0.441. The number of nitrogens with zero attached hydrogens (tertiary/aromatic N) is 3. The second-order valence-electron chi connectivity index (χ2n) is 4.50. The first kappa shape index (κ1) is 18.9. The molecule has 5 nitrogen and oxygen atoms in total. The predicted molar refractivity (Wildman–Crippen MR) is 93.7 cm³/mol. The van der Waals surface area contributed by atoms with E-state index in [0.29, 0.717) is 12.4 Å². The SMILES string of the molecule is C=CCCCN(C)C(=NC)NCc1nc(C)c(C)o1.I. The molecule has 0 unspecified atom stereocenters. The van der Waals surface area contributed by atoms with Crippen LogP contribution in [-0.4, -0.2) is 36.5 Å². The van der Waals surface area contributed by atoms with Gasteiger partial charge in [-0.25, -0.2) is 4.98 Å². The Morgan fingerprint density at radius 1 is 1.50 bits per heavy atom. The lowest BCUT2D eigenvalue weighted by Gasteiger charge is -2.21. The number of nitrogens with one attached hydrogen (secondary N) is 1. The highest BCUT2D eigenvalue weighted by molar-refractivity contribution is 14.0. The predicted octanol–water partition coefficient (Wildman–Crippen LogP) is 2.88. The molecule has 1 aromatic heterocycles. The van der Waals surface area contributed by atoms with Gasteiger partial charge in [-0.05, 0) is 26.7 Å². The zero-order valence-electron chi connectivity index (χ0n) is 12.8. The quantitative estimate of drug-likeness (QED) is 0.266. The van der Waals surface area contributed by atoms with Gasteiger partial charge in [-0.15, -0.1) is 30.6 Å². The van der Waals surface area contributed by atoms with Gasteiger partial charge in [0.05, 0.1) is 12.2 Å². The number of aryl methyl sites for hydroxylation is 2. The van der Waals surface area contributed by atoms with E-state index < -0.39 is 0 Å². The van der Waals surface area contributed by atoms with Gasteiger partial charge in [-0.2, -0.15) is 0 Å². The normalized spacial score (nSPS) is 10.9. The molecule has 0 bridgehead atoms. The van der Waals surface area contributed by atoms with Crippen molar-refractivity contribution in [1.29, 1.82) is 0 Å². The lowest BCUT2D eigenvalue weighted by Crippen LogP contribution is -2.39. The number of aliphatic imine (C=N–C) groups is 1. The third-order valence-corrected chi connectivity index (χ3v) is 2.95. The van der Waals surface area contributed by atoms with Crippen LogP contribution in [0, 0.1) is 13.8 Å². The minimum absolute atomic E-state index is 0. The number of guanidine groups is 1. The number of allylic oxidation sites excluding steroid dienone is 1. The molecular weight excluding hydrogens is 367 g/mol. The van der Waals surface area contributed by atoms with Crippen LogP contribution >= 0.6 is 24.0 Å². The molecule has 1 heterocycles. The largest absolute Gasteiger partial charge is 0.444 e. The highest BCUT2D eigenvalue weighted by Crippen LogP contribution is 2.07. The summed E-state index contributed by atoms with van der Waals surface area (Å²) < 4.78 is 5.53. The molecule has 0 saturated heterocycles. The number of halogens is 1. The summed E-state index contributed by atoms with van der Waals surface area (Å²) >= 11 is 0. The summed E-state index contributed by atoms with van der Waals surface area (Å²) in [4.78, 5) is 10.7. The monoisotopic (exact) mass is 392 g/mol. The van der Waals surface area contributed by atoms with E-state index in [9.17, 15) is 0 Å². The number of hydrogen-bond acceptors (Lipinski definition) is 3. The van der Waals surface area contributed by atoms with Crippen LogP contribution in [-0.2, 0) is 6.54 Å². The summed E-state index contributed by atoms with van der Waals surface area (Å²) in [6.07, 6.45) is 4.01. The summed E-state index contributed by atoms with van der Waals surface area (Å²) in [6, 6.07) is 0. The first-order chi connectivity index (χ1) is 9.08. The van der Waals surface area contributed by atoms with Crippen LogP contribution in [0.1, 0.15) is 30.2 Å². The highest BCUT2D eigenvalue weighted by atomic mass is 127. The Bertz CT molecular complexity index is 423. The van der Waals surface area contributed by atoms with Gasteiger partial charge in [0.1, 0.15) is 5.76 Å². The Labute approximate surface area is 138 Å². The van der Waals surface area contributed by atoms with Gasteiger partial charge in [0.2, 0.25) is 5.89 Å². The Morgan fingerprint density at radius 3 is 2.70 bits per heavy atom. The molecule has 0 spiro atoms. The Hall–Kier alpha value is -1.05. The van der Waals surface area contributed by atoms with Gasteiger partial charge >= 0.3 is 0 Å². The second kappa shape index (κ2) is 9.79. The molecule has 114 valence electrons. The van der Waals surface area contributed by atoms with Crippen LogP contribution in [0.25, 0.3) is 0 Å². The number of rotatable bonds is 6. The van der Waals surface area contributed by atoms with Crippen molar-refractivity contribution in [2.45, 2.75) is 33.2 Å². The van der Waals surface area contributed by atoms with Gasteiger partial charge in [0.25, 0.3) is 0 Å². The number of oxazole rings is 1. The molecule has 0 aliphatic rings. The fourth-order valence-electron chi connectivity index (χ4n) is 1.73. The van der Waals surface area contributed by atoms with E-state index in [0.717, 1.165) is 36.8 Å².